The molecule has 0 radical (unpaired) electrons. The van der Waals surface area contributed by atoms with Crippen molar-refractivity contribution in [3.05, 3.63) is 47.2 Å². The van der Waals surface area contributed by atoms with Gasteiger partial charge in [0.25, 0.3) is 0 Å². The molecule has 0 spiro atoms. The lowest BCUT2D eigenvalue weighted by molar-refractivity contribution is 0.788. The Morgan fingerprint density at radius 3 is 3.00 bits per heavy atom. The SMILES string of the molecule is Cc1cccc(-c2nc(CSc3nncn3C)cs2)c1. The molecular formula is C14H14N4S2. The first-order valence-corrected chi connectivity index (χ1v) is 8.07. The third-order valence-corrected chi connectivity index (χ3v) is 4.84. The Hall–Kier alpha value is -1.66. The lowest BCUT2D eigenvalue weighted by atomic mass is 10.1. The van der Waals surface area contributed by atoms with Crippen molar-refractivity contribution in [3.8, 4) is 10.6 Å². The maximum atomic E-state index is 4.69. The van der Waals surface area contributed by atoms with Crippen molar-refractivity contribution in [2.45, 2.75) is 17.8 Å². The van der Waals surface area contributed by atoms with Crippen molar-refractivity contribution in [2.75, 3.05) is 0 Å². The third kappa shape index (κ3) is 2.91. The minimum absolute atomic E-state index is 0.814. The zero-order chi connectivity index (χ0) is 13.9. The molecule has 0 bridgehead atoms. The summed E-state index contributed by atoms with van der Waals surface area (Å²) >= 11 is 3.34. The molecule has 0 unspecified atom stereocenters. The monoisotopic (exact) mass is 302 g/mol. The molecule has 0 aliphatic rings. The fraction of sp³-hybridized carbons (Fsp3) is 0.214. The number of hydrogen-bond acceptors (Lipinski definition) is 5. The van der Waals surface area contributed by atoms with Crippen LogP contribution in [0, 0.1) is 6.92 Å². The van der Waals surface area contributed by atoms with Gasteiger partial charge in [0.15, 0.2) is 5.16 Å². The van der Waals surface area contributed by atoms with Crippen LogP contribution in [0.15, 0.2) is 41.1 Å². The lowest BCUT2D eigenvalue weighted by Crippen LogP contribution is -1.90. The molecule has 0 N–H and O–H groups in total. The number of hydrogen-bond donors (Lipinski definition) is 0. The van der Waals surface area contributed by atoms with Crippen molar-refractivity contribution >= 4 is 23.1 Å². The highest BCUT2D eigenvalue weighted by Crippen LogP contribution is 2.27. The quantitative estimate of drug-likeness (QED) is 0.691. The summed E-state index contributed by atoms with van der Waals surface area (Å²) in [6.07, 6.45) is 1.71. The van der Waals surface area contributed by atoms with E-state index >= 15 is 0 Å². The van der Waals surface area contributed by atoms with Gasteiger partial charge in [-0.1, -0.05) is 35.5 Å². The molecule has 4 nitrogen and oxygen atoms in total. The van der Waals surface area contributed by atoms with E-state index in [9.17, 15) is 0 Å². The molecule has 102 valence electrons. The van der Waals surface area contributed by atoms with Crippen LogP contribution in [-0.2, 0) is 12.8 Å². The molecule has 0 aliphatic carbocycles. The summed E-state index contributed by atoms with van der Waals surface area (Å²) in [6, 6.07) is 8.44. The van der Waals surface area contributed by atoms with Gasteiger partial charge >= 0.3 is 0 Å². The molecule has 0 amide bonds. The predicted octanol–water partition coefficient (Wildman–Crippen LogP) is 3.54. The summed E-state index contributed by atoms with van der Waals surface area (Å²) in [4.78, 5) is 4.69. The normalized spacial score (nSPS) is 10.9. The molecule has 2 heterocycles. The van der Waals surface area contributed by atoms with Gasteiger partial charge in [-0.3, -0.25) is 0 Å². The van der Waals surface area contributed by atoms with Crippen molar-refractivity contribution in [2.24, 2.45) is 7.05 Å². The van der Waals surface area contributed by atoms with Crippen LogP contribution in [0.4, 0.5) is 0 Å². The third-order valence-electron chi connectivity index (χ3n) is 2.84. The summed E-state index contributed by atoms with van der Waals surface area (Å²) in [7, 11) is 1.95. The van der Waals surface area contributed by atoms with Crippen LogP contribution >= 0.6 is 23.1 Å². The van der Waals surface area contributed by atoms with Crippen LogP contribution < -0.4 is 0 Å². The zero-order valence-electron chi connectivity index (χ0n) is 11.3. The lowest BCUT2D eigenvalue weighted by Gasteiger charge is -1.98. The van der Waals surface area contributed by atoms with Gasteiger partial charge in [0.2, 0.25) is 0 Å². The van der Waals surface area contributed by atoms with Gasteiger partial charge in [0, 0.05) is 23.7 Å². The maximum Gasteiger partial charge on any atom is 0.191 e. The molecule has 0 atom stereocenters. The average molecular weight is 302 g/mol. The Morgan fingerprint density at radius 2 is 2.25 bits per heavy atom. The molecule has 0 saturated carbocycles. The molecule has 0 fully saturated rings. The van der Waals surface area contributed by atoms with Crippen molar-refractivity contribution in [1.29, 1.82) is 0 Å². The van der Waals surface area contributed by atoms with E-state index in [4.69, 9.17) is 4.98 Å². The highest BCUT2D eigenvalue weighted by molar-refractivity contribution is 7.98. The summed E-state index contributed by atoms with van der Waals surface area (Å²) < 4.78 is 1.92. The van der Waals surface area contributed by atoms with Crippen LogP contribution in [0.2, 0.25) is 0 Å². The topological polar surface area (TPSA) is 43.6 Å². The Balaban J connectivity index is 1.72. The number of aryl methyl sites for hydroxylation is 2. The first kappa shape index (κ1) is 13.3. The minimum atomic E-state index is 0.814. The van der Waals surface area contributed by atoms with E-state index in [0.717, 1.165) is 21.6 Å². The number of thioether (sulfide) groups is 1. The van der Waals surface area contributed by atoms with Crippen LogP contribution in [0.25, 0.3) is 10.6 Å². The number of aromatic nitrogens is 4. The average Bonchev–Trinajstić information content (AvgIpc) is 3.05. The van der Waals surface area contributed by atoms with Crippen LogP contribution in [-0.4, -0.2) is 19.7 Å². The smallest absolute Gasteiger partial charge is 0.191 e. The Bertz CT molecular complexity index is 717. The second-order valence-electron chi connectivity index (χ2n) is 4.53. The Morgan fingerprint density at radius 1 is 1.35 bits per heavy atom. The van der Waals surface area contributed by atoms with Crippen molar-refractivity contribution < 1.29 is 0 Å². The van der Waals surface area contributed by atoms with E-state index in [1.165, 1.54) is 11.1 Å². The van der Waals surface area contributed by atoms with Gasteiger partial charge < -0.3 is 4.57 Å². The molecule has 20 heavy (non-hydrogen) atoms. The van der Waals surface area contributed by atoms with E-state index in [2.05, 4.69) is 46.8 Å². The maximum absolute atomic E-state index is 4.69. The van der Waals surface area contributed by atoms with Crippen molar-refractivity contribution in [3.63, 3.8) is 0 Å². The molecule has 0 saturated heterocycles. The summed E-state index contributed by atoms with van der Waals surface area (Å²) in [5.74, 6) is 0.814. The Kier molecular flexibility index (Phi) is 3.84. The molecular weight excluding hydrogens is 288 g/mol. The largest absolute Gasteiger partial charge is 0.312 e. The second-order valence-corrected chi connectivity index (χ2v) is 6.33. The molecule has 3 aromatic rings. The summed E-state index contributed by atoms with van der Waals surface area (Å²) in [5.41, 5.74) is 3.53. The van der Waals surface area contributed by atoms with Crippen LogP contribution in [0.3, 0.4) is 0 Å². The second kappa shape index (κ2) is 5.76. The van der Waals surface area contributed by atoms with Crippen LogP contribution in [0.5, 0.6) is 0 Å². The number of benzene rings is 1. The van der Waals surface area contributed by atoms with Gasteiger partial charge in [-0.25, -0.2) is 4.98 Å². The fourth-order valence-electron chi connectivity index (χ4n) is 1.83. The van der Waals surface area contributed by atoms with Gasteiger partial charge in [-0.2, -0.15) is 0 Å². The minimum Gasteiger partial charge on any atom is -0.312 e. The number of thiazole rings is 1. The van der Waals surface area contributed by atoms with E-state index < -0.39 is 0 Å². The summed E-state index contributed by atoms with van der Waals surface area (Å²) in [5, 5.41) is 12.0. The molecule has 3 rings (SSSR count). The first-order valence-electron chi connectivity index (χ1n) is 6.20. The van der Waals surface area contributed by atoms with E-state index in [0.29, 0.717) is 0 Å². The first-order chi connectivity index (χ1) is 9.72. The molecule has 2 aromatic heterocycles. The zero-order valence-corrected chi connectivity index (χ0v) is 12.9. The van der Waals surface area contributed by atoms with Crippen LogP contribution in [0.1, 0.15) is 11.3 Å². The van der Waals surface area contributed by atoms with Crippen molar-refractivity contribution in [1.82, 2.24) is 19.7 Å². The van der Waals surface area contributed by atoms with Gasteiger partial charge in [-0.05, 0) is 13.0 Å². The van der Waals surface area contributed by atoms with E-state index in [1.54, 1.807) is 29.4 Å². The standard InChI is InChI=1S/C14H14N4S2/c1-10-4-3-5-11(6-10)13-16-12(7-19-13)8-20-14-17-15-9-18(14)2/h3-7,9H,8H2,1-2H3. The van der Waals surface area contributed by atoms with Gasteiger partial charge in [-0.15, -0.1) is 21.5 Å². The number of rotatable bonds is 4. The van der Waals surface area contributed by atoms with E-state index in [-0.39, 0.29) is 0 Å². The predicted molar refractivity (Wildman–Crippen MR) is 82.9 cm³/mol. The highest BCUT2D eigenvalue weighted by atomic mass is 32.2. The van der Waals surface area contributed by atoms with E-state index in [1.807, 2.05) is 11.6 Å². The number of nitrogens with zero attached hydrogens (tertiary/aromatic N) is 4. The molecule has 1 aromatic carbocycles. The van der Waals surface area contributed by atoms with Gasteiger partial charge in [0.1, 0.15) is 11.3 Å². The summed E-state index contributed by atoms with van der Waals surface area (Å²) in [6.45, 7) is 2.10. The molecule has 0 aliphatic heterocycles. The highest BCUT2D eigenvalue weighted by Gasteiger charge is 2.07. The Labute approximate surface area is 125 Å². The van der Waals surface area contributed by atoms with Gasteiger partial charge in [0.05, 0.1) is 5.69 Å². The molecule has 6 heteroatoms. The fourth-order valence-corrected chi connectivity index (χ4v) is 3.53.